The molecule has 0 saturated carbocycles. The first-order valence-electron chi connectivity index (χ1n) is 7.75. The van der Waals surface area contributed by atoms with E-state index in [2.05, 4.69) is 53.4 Å². The Bertz CT molecular complexity index is 417. The van der Waals surface area contributed by atoms with Crippen LogP contribution in [-0.2, 0) is 6.54 Å². The maximum atomic E-state index is 2.67. The number of likely N-dealkylation sites (tertiary alicyclic amines) is 2. The van der Waals surface area contributed by atoms with E-state index in [1.54, 1.807) is 0 Å². The lowest BCUT2D eigenvalue weighted by Gasteiger charge is -2.37. The molecule has 3 nitrogen and oxygen atoms in total. The molecule has 0 aliphatic carbocycles. The Hall–Kier alpha value is -0.420. The Labute approximate surface area is 127 Å². The van der Waals surface area contributed by atoms with Crippen LogP contribution in [0.25, 0.3) is 0 Å². The summed E-state index contributed by atoms with van der Waals surface area (Å²) < 4.78 is 0. The van der Waals surface area contributed by atoms with Crippen LogP contribution >= 0.6 is 11.3 Å². The zero-order valence-corrected chi connectivity index (χ0v) is 13.8. The van der Waals surface area contributed by atoms with E-state index in [0.717, 1.165) is 24.5 Å². The number of piperidine rings is 1. The SMILES string of the molecule is CN(C)C[C@@H]1C[C@@H]2CN(Cc3cccs3)CC[C@@H]2N1C. The summed E-state index contributed by atoms with van der Waals surface area (Å²) in [6, 6.07) is 6.01. The first kappa shape index (κ1) is 14.5. The number of thiophene rings is 1. The van der Waals surface area contributed by atoms with Crippen molar-refractivity contribution >= 4 is 11.3 Å². The van der Waals surface area contributed by atoms with Gasteiger partial charge < -0.3 is 4.90 Å². The minimum absolute atomic E-state index is 0.752. The van der Waals surface area contributed by atoms with Crippen LogP contribution in [0.3, 0.4) is 0 Å². The third-order valence-corrected chi connectivity index (χ3v) is 5.85. The van der Waals surface area contributed by atoms with Gasteiger partial charge in [0.2, 0.25) is 0 Å². The molecule has 0 aromatic carbocycles. The standard InChI is InChI=1S/C16H27N3S/c1-17(2)11-14-9-13-10-19(7-6-16(13)18(14)3)12-15-5-4-8-20-15/h4-5,8,13-14,16H,6-7,9-12H2,1-3H3/t13-,14+,16+/m1/s1. The summed E-state index contributed by atoms with van der Waals surface area (Å²) in [6.45, 7) is 4.91. The van der Waals surface area contributed by atoms with Crippen LogP contribution in [0, 0.1) is 5.92 Å². The van der Waals surface area contributed by atoms with E-state index in [1.165, 1.54) is 37.4 Å². The third-order valence-electron chi connectivity index (χ3n) is 4.99. The van der Waals surface area contributed by atoms with Gasteiger partial charge in [0.25, 0.3) is 0 Å². The van der Waals surface area contributed by atoms with E-state index in [9.17, 15) is 0 Å². The second kappa shape index (κ2) is 6.14. The molecule has 0 unspecified atom stereocenters. The fraction of sp³-hybridized carbons (Fsp3) is 0.750. The summed E-state index contributed by atoms with van der Waals surface area (Å²) in [4.78, 5) is 9.17. The molecule has 2 aliphatic rings. The number of fused-ring (bicyclic) bond motifs is 1. The van der Waals surface area contributed by atoms with Gasteiger partial charge in [-0.25, -0.2) is 0 Å². The second-order valence-corrected chi connectivity index (χ2v) is 7.78. The lowest BCUT2D eigenvalue weighted by molar-refractivity contribution is 0.109. The molecular formula is C16H27N3S. The molecule has 0 radical (unpaired) electrons. The van der Waals surface area contributed by atoms with Gasteiger partial charge in [-0.15, -0.1) is 11.3 Å². The van der Waals surface area contributed by atoms with Gasteiger partial charge in [-0.2, -0.15) is 0 Å². The van der Waals surface area contributed by atoms with E-state index in [-0.39, 0.29) is 0 Å². The minimum Gasteiger partial charge on any atom is -0.308 e. The van der Waals surface area contributed by atoms with Crippen LogP contribution in [0.1, 0.15) is 17.7 Å². The number of rotatable bonds is 4. The van der Waals surface area contributed by atoms with Crippen molar-refractivity contribution in [3.63, 3.8) is 0 Å². The summed E-state index contributed by atoms with van der Waals surface area (Å²) in [5, 5.41) is 2.19. The molecule has 0 N–H and O–H groups in total. The normalized spacial score (nSPS) is 31.9. The molecular weight excluding hydrogens is 266 g/mol. The molecule has 1 aromatic rings. The topological polar surface area (TPSA) is 9.72 Å². The molecule has 1 aromatic heterocycles. The maximum absolute atomic E-state index is 2.67. The van der Waals surface area contributed by atoms with Crippen molar-refractivity contribution in [2.75, 3.05) is 40.8 Å². The van der Waals surface area contributed by atoms with Gasteiger partial charge >= 0.3 is 0 Å². The summed E-state index contributed by atoms with van der Waals surface area (Å²) >= 11 is 1.89. The van der Waals surface area contributed by atoms with E-state index in [0.29, 0.717) is 0 Å². The second-order valence-electron chi connectivity index (χ2n) is 6.75. The first-order chi connectivity index (χ1) is 9.63. The van der Waals surface area contributed by atoms with Crippen LogP contribution < -0.4 is 0 Å². The summed E-state index contributed by atoms with van der Waals surface area (Å²) in [6.07, 6.45) is 2.72. The van der Waals surface area contributed by atoms with E-state index in [1.807, 2.05) is 11.3 Å². The number of hydrogen-bond acceptors (Lipinski definition) is 4. The van der Waals surface area contributed by atoms with Crippen molar-refractivity contribution in [2.24, 2.45) is 5.92 Å². The van der Waals surface area contributed by atoms with Gasteiger partial charge in [-0.1, -0.05) is 6.07 Å². The Kier molecular flexibility index (Phi) is 4.46. The molecule has 2 aliphatic heterocycles. The smallest absolute Gasteiger partial charge is 0.0328 e. The van der Waals surface area contributed by atoms with Crippen LogP contribution in [0.5, 0.6) is 0 Å². The van der Waals surface area contributed by atoms with Gasteiger partial charge in [-0.05, 0) is 51.3 Å². The average Bonchev–Trinajstić information content (AvgIpc) is 2.99. The van der Waals surface area contributed by atoms with Crippen molar-refractivity contribution < 1.29 is 0 Å². The lowest BCUT2D eigenvalue weighted by atomic mass is 9.92. The van der Waals surface area contributed by atoms with E-state index < -0.39 is 0 Å². The fourth-order valence-electron chi connectivity index (χ4n) is 4.04. The van der Waals surface area contributed by atoms with Crippen LogP contribution in [-0.4, -0.2) is 67.6 Å². The van der Waals surface area contributed by atoms with Crippen LogP contribution in [0.4, 0.5) is 0 Å². The van der Waals surface area contributed by atoms with Gasteiger partial charge in [-0.3, -0.25) is 9.80 Å². The highest BCUT2D eigenvalue weighted by molar-refractivity contribution is 7.09. The third kappa shape index (κ3) is 3.08. The van der Waals surface area contributed by atoms with Crippen molar-refractivity contribution in [3.05, 3.63) is 22.4 Å². The van der Waals surface area contributed by atoms with Crippen molar-refractivity contribution in [3.8, 4) is 0 Å². The average molecular weight is 293 g/mol. The molecule has 3 rings (SSSR count). The van der Waals surface area contributed by atoms with E-state index in [4.69, 9.17) is 0 Å². The Morgan fingerprint density at radius 1 is 1.40 bits per heavy atom. The quantitative estimate of drug-likeness (QED) is 0.843. The summed E-state index contributed by atoms with van der Waals surface area (Å²) in [5.41, 5.74) is 0. The molecule has 0 spiro atoms. The van der Waals surface area contributed by atoms with Gasteiger partial charge in [0.15, 0.2) is 0 Å². The molecule has 0 amide bonds. The van der Waals surface area contributed by atoms with Gasteiger partial charge in [0.05, 0.1) is 0 Å². The monoisotopic (exact) mass is 293 g/mol. The molecule has 2 fully saturated rings. The summed E-state index contributed by atoms with van der Waals surface area (Å²) in [5.74, 6) is 0.874. The van der Waals surface area contributed by atoms with Gasteiger partial charge in [0.1, 0.15) is 0 Å². The molecule has 0 bridgehead atoms. The first-order valence-corrected chi connectivity index (χ1v) is 8.63. The molecule has 3 heterocycles. The number of nitrogens with zero attached hydrogens (tertiary/aromatic N) is 3. The molecule has 4 heteroatoms. The predicted octanol–water partition coefficient (Wildman–Crippen LogP) is 2.20. The highest BCUT2D eigenvalue weighted by Crippen LogP contribution is 2.35. The fourth-order valence-corrected chi connectivity index (χ4v) is 4.79. The largest absolute Gasteiger partial charge is 0.308 e. The predicted molar refractivity (Wildman–Crippen MR) is 86.2 cm³/mol. The zero-order valence-electron chi connectivity index (χ0n) is 13.0. The van der Waals surface area contributed by atoms with Gasteiger partial charge in [0, 0.05) is 43.1 Å². The number of hydrogen-bond donors (Lipinski definition) is 0. The Morgan fingerprint density at radius 2 is 2.25 bits per heavy atom. The van der Waals surface area contributed by atoms with Crippen LogP contribution in [0.2, 0.25) is 0 Å². The number of likely N-dealkylation sites (N-methyl/N-ethyl adjacent to an activating group) is 2. The highest BCUT2D eigenvalue weighted by Gasteiger charge is 2.41. The molecule has 112 valence electrons. The lowest BCUT2D eigenvalue weighted by Crippen LogP contribution is -2.45. The molecule has 20 heavy (non-hydrogen) atoms. The van der Waals surface area contributed by atoms with Crippen LogP contribution in [0.15, 0.2) is 17.5 Å². The highest BCUT2D eigenvalue weighted by atomic mass is 32.1. The van der Waals surface area contributed by atoms with Crippen molar-refractivity contribution in [2.45, 2.75) is 31.5 Å². The molecule has 3 atom stereocenters. The molecule has 2 saturated heterocycles. The maximum Gasteiger partial charge on any atom is 0.0328 e. The summed E-state index contributed by atoms with van der Waals surface area (Å²) in [7, 11) is 6.73. The Morgan fingerprint density at radius 3 is 2.95 bits per heavy atom. The van der Waals surface area contributed by atoms with Crippen molar-refractivity contribution in [1.82, 2.24) is 14.7 Å². The zero-order chi connectivity index (χ0) is 14.1. The van der Waals surface area contributed by atoms with E-state index >= 15 is 0 Å². The van der Waals surface area contributed by atoms with Crippen molar-refractivity contribution in [1.29, 1.82) is 0 Å². The Balaban J connectivity index is 1.58. The minimum atomic E-state index is 0.752.